The number of carbonyl (C=O) groups excluding carboxylic acids is 1. The van der Waals surface area contributed by atoms with E-state index in [9.17, 15) is 4.79 Å². The number of nitrogens with zero attached hydrogens (tertiary/aromatic N) is 3. The molecule has 0 radical (unpaired) electrons. The van der Waals surface area contributed by atoms with Crippen molar-refractivity contribution in [3.05, 3.63) is 53.9 Å². The lowest BCUT2D eigenvalue weighted by atomic mass is 10.2. The number of fused-ring (bicyclic) bond motifs is 1. The number of methoxy groups -OCH3 is 1. The van der Waals surface area contributed by atoms with Crippen LogP contribution >= 0.6 is 0 Å². The van der Waals surface area contributed by atoms with E-state index in [-0.39, 0.29) is 5.91 Å². The number of ether oxygens (including phenoxy) is 2. The largest absolute Gasteiger partial charge is 0.496 e. The number of aromatic nitrogens is 3. The van der Waals surface area contributed by atoms with Gasteiger partial charge in [0.25, 0.3) is 5.91 Å². The van der Waals surface area contributed by atoms with E-state index < -0.39 is 0 Å². The van der Waals surface area contributed by atoms with Crippen molar-refractivity contribution in [2.45, 2.75) is 13.5 Å². The van der Waals surface area contributed by atoms with Gasteiger partial charge in [-0.1, -0.05) is 18.2 Å². The first-order valence-electron chi connectivity index (χ1n) is 7.60. The molecule has 7 nitrogen and oxygen atoms in total. The number of hydrogen-bond donors (Lipinski definition) is 1. The van der Waals surface area contributed by atoms with Gasteiger partial charge in [0, 0.05) is 18.2 Å². The quantitative estimate of drug-likeness (QED) is 0.750. The first kappa shape index (κ1) is 15.8. The summed E-state index contributed by atoms with van der Waals surface area (Å²) >= 11 is 0. The maximum absolute atomic E-state index is 12.3. The van der Waals surface area contributed by atoms with Crippen molar-refractivity contribution in [2.24, 2.45) is 0 Å². The molecule has 0 saturated heterocycles. The zero-order valence-corrected chi connectivity index (χ0v) is 13.5. The number of amides is 1. The third-order valence-electron chi connectivity index (χ3n) is 3.45. The molecule has 1 amide bonds. The Morgan fingerprint density at radius 2 is 2.08 bits per heavy atom. The molecular formula is C17H18N4O3. The van der Waals surface area contributed by atoms with Gasteiger partial charge >= 0.3 is 0 Å². The lowest BCUT2D eigenvalue weighted by molar-refractivity contribution is 0.0946. The molecule has 0 unspecified atom stereocenters. The highest BCUT2D eigenvalue weighted by molar-refractivity contribution is 5.92. The van der Waals surface area contributed by atoms with Gasteiger partial charge in [-0.05, 0) is 19.1 Å². The SMILES string of the molecule is CCOc1ccc2nc(C(=O)NCc3ccccc3OC)cn2n1. The van der Waals surface area contributed by atoms with Crippen LogP contribution in [0.4, 0.5) is 0 Å². The Bertz CT molecular complexity index is 860. The highest BCUT2D eigenvalue weighted by atomic mass is 16.5. The predicted octanol–water partition coefficient (Wildman–Crippen LogP) is 2.07. The minimum atomic E-state index is -0.274. The molecule has 1 N–H and O–H groups in total. The molecule has 2 heterocycles. The maximum atomic E-state index is 12.3. The number of hydrogen-bond acceptors (Lipinski definition) is 5. The van der Waals surface area contributed by atoms with Crippen molar-refractivity contribution in [1.29, 1.82) is 0 Å². The molecule has 3 rings (SSSR count). The van der Waals surface area contributed by atoms with Gasteiger partial charge in [-0.2, -0.15) is 0 Å². The molecule has 0 aliphatic heterocycles. The zero-order chi connectivity index (χ0) is 16.9. The summed E-state index contributed by atoms with van der Waals surface area (Å²) in [7, 11) is 1.60. The van der Waals surface area contributed by atoms with E-state index in [1.807, 2.05) is 31.2 Å². The van der Waals surface area contributed by atoms with Crippen molar-refractivity contribution in [3.63, 3.8) is 0 Å². The third-order valence-corrected chi connectivity index (χ3v) is 3.45. The van der Waals surface area contributed by atoms with Crippen LogP contribution in [0, 0.1) is 0 Å². The summed E-state index contributed by atoms with van der Waals surface area (Å²) in [4.78, 5) is 16.6. The Hall–Kier alpha value is -3.09. The van der Waals surface area contributed by atoms with Crippen LogP contribution in [0.3, 0.4) is 0 Å². The number of benzene rings is 1. The van der Waals surface area contributed by atoms with Crippen LogP contribution in [0.1, 0.15) is 23.0 Å². The molecule has 3 aromatic rings. The second-order valence-electron chi connectivity index (χ2n) is 5.03. The van der Waals surface area contributed by atoms with E-state index >= 15 is 0 Å². The minimum Gasteiger partial charge on any atom is -0.496 e. The van der Waals surface area contributed by atoms with E-state index in [1.54, 1.807) is 25.4 Å². The topological polar surface area (TPSA) is 77.8 Å². The summed E-state index contributed by atoms with van der Waals surface area (Å²) in [6.45, 7) is 2.77. The summed E-state index contributed by atoms with van der Waals surface area (Å²) in [6.07, 6.45) is 1.58. The van der Waals surface area contributed by atoms with Gasteiger partial charge in [-0.25, -0.2) is 9.50 Å². The second kappa shape index (κ2) is 6.99. The summed E-state index contributed by atoms with van der Waals surface area (Å²) in [5.41, 5.74) is 1.78. The average molecular weight is 326 g/mol. The molecule has 0 aliphatic carbocycles. The number of para-hydroxylation sites is 1. The van der Waals surface area contributed by atoms with Gasteiger partial charge in [0.2, 0.25) is 5.88 Å². The lowest BCUT2D eigenvalue weighted by Gasteiger charge is -2.08. The lowest BCUT2D eigenvalue weighted by Crippen LogP contribution is -2.23. The van der Waals surface area contributed by atoms with Crippen LogP contribution < -0.4 is 14.8 Å². The van der Waals surface area contributed by atoms with Crippen molar-refractivity contribution >= 4 is 11.6 Å². The Kier molecular flexibility index (Phi) is 4.60. The van der Waals surface area contributed by atoms with Crippen LogP contribution in [0.15, 0.2) is 42.6 Å². The van der Waals surface area contributed by atoms with Gasteiger partial charge in [0.05, 0.1) is 19.9 Å². The molecule has 7 heteroatoms. The summed E-state index contributed by atoms with van der Waals surface area (Å²) in [5.74, 6) is 0.948. The van der Waals surface area contributed by atoms with Gasteiger partial charge in [-0.3, -0.25) is 4.79 Å². The number of rotatable bonds is 6. The minimum absolute atomic E-state index is 0.274. The van der Waals surface area contributed by atoms with Crippen LogP contribution in [0.5, 0.6) is 11.6 Å². The summed E-state index contributed by atoms with van der Waals surface area (Å²) in [5, 5.41) is 7.08. The Balaban J connectivity index is 1.74. The average Bonchev–Trinajstić information content (AvgIpc) is 3.03. The smallest absolute Gasteiger partial charge is 0.271 e. The standard InChI is InChI=1S/C17H18N4O3/c1-3-24-16-9-8-15-19-13(11-21(15)20-16)17(22)18-10-12-6-4-5-7-14(12)23-2/h4-9,11H,3,10H2,1-2H3,(H,18,22). The number of nitrogens with one attached hydrogen (secondary N) is 1. The monoisotopic (exact) mass is 326 g/mol. The van der Waals surface area contributed by atoms with Crippen molar-refractivity contribution in [2.75, 3.05) is 13.7 Å². The van der Waals surface area contributed by atoms with Crippen molar-refractivity contribution < 1.29 is 14.3 Å². The fourth-order valence-corrected chi connectivity index (χ4v) is 2.31. The van der Waals surface area contributed by atoms with Crippen LogP contribution in [0.25, 0.3) is 5.65 Å². The Morgan fingerprint density at radius 1 is 1.25 bits per heavy atom. The molecule has 0 saturated carbocycles. The highest BCUT2D eigenvalue weighted by Gasteiger charge is 2.12. The molecule has 0 spiro atoms. The van der Waals surface area contributed by atoms with Crippen molar-refractivity contribution in [3.8, 4) is 11.6 Å². The van der Waals surface area contributed by atoms with Gasteiger partial charge in [0.15, 0.2) is 5.65 Å². The molecule has 24 heavy (non-hydrogen) atoms. The van der Waals surface area contributed by atoms with Crippen LogP contribution in [-0.4, -0.2) is 34.2 Å². The molecule has 124 valence electrons. The number of imidazole rings is 1. The Labute approximate surface area is 139 Å². The molecular weight excluding hydrogens is 308 g/mol. The maximum Gasteiger partial charge on any atom is 0.271 e. The summed E-state index contributed by atoms with van der Waals surface area (Å²) < 4.78 is 12.1. The first-order chi connectivity index (χ1) is 11.7. The van der Waals surface area contributed by atoms with Crippen LogP contribution in [-0.2, 0) is 6.54 Å². The highest BCUT2D eigenvalue weighted by Crippen LogP contribution is 2.17. The van der Waals surface area contributed by atoms with Gasteiger partial charge in [-0.15, -0.1) is 5.10 Å². The molecule has 2 aromatic heterocycles. The molecule has 0 atom stereocenters. The first-order valence-corrected chi connectivity index (χ1v) is 7.60. The predicted molar refractivity (Wildman–Crippen MR) is 88.3 cm³/mol. The van der Waals surface area contributed by atoms with Crippen molar-refractivity contribution in [1.82, 2.24) is 19.9 Å². The number of carbonyl (C=O) groups is 1. The fraction of sp³-hybridized carbons (Fsp3) is 0.235. The normalized spacial score (nSPS) is 10.6. The molecule has 0 fully saturated rings. The van der Waals surface area contributed by atoms with E-state index in [0.717, 1.165) is 11.3 Å². The van der Waals surface area contributed by atoms with E-state index in [1.165, 1.54) is 4.52 Å². The molecule has 0 aliphatic rings. The fourth-order valence-electron chi connectivity index (χ4n) is 2.31. The van der Waals surface area contributed by atoms with E-state index in [0.29, 0.717) is 30.4 Å². The van der Waals surface area contributed by atoms with E-state index in [2.05, 4.69) is 15.4 Å². The molecule has 1 aromatic carbocycles. The van der Waals surface area contributed by atoms with Gasteiger partial charge < -0.3 is 14.8 Å². The summed E-state index contributed by atoms with van der Waals surface area (Å²) in [6, 6.07) is 11.0. The third kappa shape index (κ3) is 3.29. The second-order valence-corrected chi connectivity index (χ2v) is 5.03. The van der Waals surface area contributed by atoms with E-state index in [4.69, 9.17) is 9.47 Å². The zero-order valence-electron chi connectivity index (χ0n) is 13.5. The Morgan fingerprint density at radius 3 is 2.88 bits per heavy atom. The van der Waals surface area contributed by atoms with Gasteiger partial charge in [0.1, 0.15) is 11.4 Å². The molecule has 0 bridgehead atoms. The van der Waals surface area contributed by atoms with Crippen LogP contribution in [0.2, 0.25) is 0 Å².